The van der Waals surface area contributed by atoms with E-state index in [1.807, 2.05) is 0 Å². The van der Waals surface area contributed by atoms with Crippen LogP contribution in [0.3, 0.4) is 0 Å². The van der Waals surface area contributed by atoms with E-state index < -0.39 is 12.0 Å². The van der Waals surface area contributed by atoms with Crippen molar-refractivity contribution in [1.29, 1.82) is 0 Å². The van der Waals surface area contributed by atoms with E-state index in [0.717, 1.165) is 0 Å². The molecule has 0 aliphatic heterocycles. The number of ether oxygens (including phenoxy) is 1. The Labute approximate surface area is 65.9 Å². The van der Waals surface area contributed by atoms with Gasteiger partial charge in [-0.15, -0.1) is 0 Å². The van der Waals surface area contributed by atoms with Crippen LogP contribution in [0.4, 0.5) is 0 Å². The molecule has 0 aromatic carbocycles. The topological polar surface area (TPSA) is 55.4 Å². The Morgan fingerprint density at radius 3 is 2.45 bits per heavy atom. The molecule has 0 spiro atoms. The maximum Gasteiger partial charge on any atom is 0.328 e. The lowest BCUT2D eigenvalue weighted by molar-refractivity contribution is -0.144. The van der Waals surface area contributed by atoms with Crippen molar-refractivity contribution in [1.82, 2.24) is 5.32 Å². The second-order valence-electron chi connectivity index (χ2n) is 2.17. The van der Waals surface area contributed by atoms with E-state index in [-0.39, 0.29) is 5.91 Å². The fraction of sp³-hybridized carbons (Fsp3) is 0.714. The first-order chi connectivity index (χ1) is 5.11. The normalized spacial score (nSPS) is 11.9. The third kappa shape index (κ3) is 3.60. The summed E-state index contributed by atoms with van der Waals surface area (Å²) >= 11 is 0. The molecule has 0 aromatic rings. The highest BCUT2D eigenvalue weighted by Gasteiger charge is 2.13. The van der Waals surface area contributed by atoms with Crippen molar-refractivity contribution < 1.29 is 14.3 Å². The van der Waals surface area contributed by atoms with Crippen molar-refractivity contribution in [3.8, 4) is 0 Å². The number of esters is 1. The van der Waals surface area contributed by atoms with Crippen LogP contribution in [0.5, 0.6) is 0 Å². The minimum absolute atomic E-state index is 0.150. The standard InChI is InChI=1S/C7H13NO3/c1-4-6(9)8-5(2)7(10)11-3/h5H,4H2,1-3H3,(H,8,9). The van der Waals surface area contributed by atoms with Crippen LogP contribution in [0, 0.1) is 0 Å². The van der Waals surface area contributed by atoms with Gasteiger partial charge >= 0.3 is 5.97 Å². The maximum absolute atomic E-state index is 10.7. The number of carbonyl (C=O) groups is 2. The van der Waals surface area contributed by atoms with Gasteiger partial charge in [-0.3, -0.25) is 4.79 Å². The quantitative estimate of drug-likeness (QED) is 0.593. The SMILES string of the molecule is CCC(=O)NC(C)C(=O)OC. The molecule has 1 unspecified atom stereocenters. The molecule has 1 atom stereocenters. The van der Waals surface area contributed by atoms with Gasteiger partial charge in [-0.25, -0.2) is 4.79 Å². The summed E-state index contributed by atoms with van der Waals surface area (Å²) in [5.41, 5.74) is 0. The van der Waals surface area contributed by atoms with Crippen LogP contribution in [0.15, 0.2) is 0 Å². The van der Waals surface area contributed by atoms with Crippen LogP contribution in [0.2, 0.25) is 0 Å². The zero-order valence-electron chi connectivity index (χ0n) is 7.01. The fourth-order valence-electron chi connectivity index (χ4n) is 0.579. The molecule has 4 nitrogen and oxygen atoms in total. The molecule has 0 saturated heterocycles. The Hall–Kier alpha value is -1.06. The molecule has 0 saturated carbocycles. The molecule has 0 fully saturated rings. The number of methoxy groups -OCH3 is 1. The third-order valence-corrected chi connectivity index (χ3v) is 1.25. The predicted octanol–water partition coefficient (Wildman–Crippen LogP) is 0.0741. The molecule has 0 bridgehead atoms. The van der Waals surface area contributed by atoms with Crippen molar-refractivity contribution in [2.24, 2.45) is 0 Å². The summed E-state index contributed by atoms with van der Waals surface area (Å²) < 4.78 is 4.40. The van der Waals surface area contributed by atoms with Gasteiger partial charge in [0.05, 0.1) is 7.11 Å². The van der Waals surface area contributed by atoms with Gasteiger partial charge in [-0.05, 0) is 6.92 Å². The van der Waals surface area contributed by atoms with E-state index in [1.54, 1.807) is 13.8 Å². The van der Waals surface area contributed by atoms with Crippen LogP contribution < -0.4 is 5.32 Å². The highest BCUT2D eigenvalue weighted by molar-refractivity contribution is 5.83. The molecule has 0 aliphatic rings. The van der Waals surface area contributed by atoms with Crippen LogP contribution in [-0.2, 0) is 14.3 Å². The first-order valence-electron chi connectivity index (χ1n) is 3.49. The van der Waals surface area contributed by atoms with Gasteiger partial charge in [0.2, 0.25) is 5.91 Å². The van der Waals surface area contributed by atoms with Gasteiger partial charge < -0.3 is 10.1 Å². The third-order valence-electron chi connectivity index (χ3n) is 1.25. The lowest BCUT2D eigenvalue weighted by Gasteiger charge is -2.09. The zero-order chi connectivity index (χ0) is 8.85. The molecule has 0 aliphatic carbocycles. The van der Waals surface area contributed by atoms with Gasteiger partial charge in [-0.1, -0.05) is 6.92 Å². The molecule has 1 N–H and O–H groups in total. The zero-order valence-corrected chi connectivity index (χ0v) is 7.01. The van der Waals surface area contributed by atoms with E-state index in [2.05, 4.69) is 10.1 Å². The summed E-state index contributed by atoms with van der Waals surface area (Å²) in [4.78, 5) is 21.4. The Balaban J connectivity index is 3.77. The predicted molar refractivity (Wildman–Crippen MR) is 39.9 cm³/mol. The number of hydrogen-bond donors (Lipinski definition) is 1. The van der Waals surface area contributed by atoms with E-state index in [0.29, 0.717) is 6.42 Å². The molecule has 11 heavy (non-hydrogen) atoms. The minimum atomic E-state index is -0.549. The maximum atomic E-state index is 10.7. The largest absolute Gasteiger partial charge is 0.467 e. The summed E-state index contributed by atoms with van der Waals surface area (Å²) in [5, 5.41) is 2.47. The summed E-state index contributed by atoms with van der Waals surface area (Å²) in [7, 11) is 1.29. The Kier molecular flexibility index (Phi) is 4.26. The molecule has 0 heterocycles. The van der Waals surface area contributed by atoms with Crippen LogP contribution in [-0.4, -0.2) is 25.0 Å². The highest BCUT2D eigenvalue weighted by atomic mass is 16.5. The van der Waals surface area contributed by atoms with Crippen LogP contribution in [0.1, 0.15) is 20.3 Å². The Morgan fingerprint density at radius 1 is 1.55 bits per heavy atom. The second kappa shape index (κ2) is 4.71. The van der Waals surface area contributed by atoms with Gasteiger partial charge in [-0.2, -0.15) is 0 Å². The first kappa shape index (κ1) is 9.94. The lowest BCUT2D eigenvalue weighted by atomic mass is 10.3. The molecule has 0 rings (SSSR count). The van der Waals surface area contributed by atoms with Crippen molar-refractivity contribution in [3.05, 3.63) is 0 Å². The van der Waals surface area contributed by atoms with Crippen molar-refractivity contribution in [3.63, 3.8) is 0 Å². The van der Waals surface area contributed by atoms with Gasteiger partial charge in [0.1, 0.15) is 6.04 Å². The first-order valence-corrected chi connectivity index (χ1v) is 3.49. The molecule has 0 aromatic heterocycles. The second-order valence-corrected chi connectivity index (χ2v) is 2.17. The summed E-state index contributed by atoms with van der Waals surface area (Å²) in [5.74, 6) is -0.574. The van der Waals surface area contributed by atoms with Crippen LogP contribution in [0.25, 0.3) is 0 Å². The molecular formula is C7H13NO3. The van der Waals surface area contributed by atoms with Gasteiger partial charge in [0.15, 0.2) is 0 Å². The van der Waals surface area contributed by atoms with E-state index in [9.17, 15) is 9.59 Å². The summed E-state index contributed by atoms with van der Waals surface area (Å²) in [6.45, 7) is 3.30. The van der Waals surface area contributed by atoms with Crippen molar-refractivity contribution in [2.45, 2.75) is 26.3 Å². The average molecular weight is 159 g/mol. The number of hydrogen-bond acceptors (Lipinski definition) is 3. The van der Waals surface area contributed by atoms with E-state index >= 15 is 0 Å². The lowest BCUT2D eigenvalue weighted by Crippen LogP contribution is -2.38. The summed E-state index contributed by atoms with van der Waals surface area (Å²) in [6.07, 6.45) is 0.376. The highest BCUT2D eigenvalue weighted by Crippen LogP contribution is 1.86. The van der Waals surface area contributed by atoms with Gasteiger partial charge in [0, 0.05) is 6.42 Å². The molecule has 64 valence electrons. The van der Waals surface area contributed by atoms with Crippen LogP contribution >= 0.6 is 0 Å². The number of rotatable bonds is 3. The molecule has 4 heteroatoms. The molecular weight excluding hydrogens is 146 g/mol. The van der Waals surface area contributed by atoms with Crippen molar-refractivity contribution in [2.75, 3.05) is 7.11 Å². The molecule has 0 radical (unpaired) electrons. The number of amides is 1. The molecule has 1 amide bonds. The smallest absolute Gasteiger partial charge is 0.328 e. The summed E-state index contributed by atoms with van der Waals surface area (Å²) in [6, 6.07) is -0.549. The number of nitrogens with one attached hydrogen (secondary N) is 1. The van der Waals surface area contributed by atoms with E-state index in [4.69, 9.17) is 0 Å². The van der Waals surface area contributed by atoms with Gasteiger partial charge in [0.25, 0.3) is 0 Å². The number of carbonyl (C=O) groups excluding carboxylic acids is 2. The van der Waals surface area contributed by atoms with E-state index in [1.165, 1.54) is 7.11 Å². The van der Waals surface area contributed by atoms with Crippen molar-refractivity contribution >= 4 is 11.9 Å². The average Bonchev–Trinajstić information content (AvgIpc) is 2.02. The Bertz CT molecular complexity index is 156. The minimum Gasteiger partial charge on any atom is -0.467 e. The fourth-order valence-corrected chi connectivity index (χ4v) is 0.579. The monoisotopic (exact) mass is 159 g/mol. The Morgan fingerprint density at radius 2 is 2.09 bits per heavy atom.